The Kier molecular flexibility index (Phi) is 8.52. The number of likely N-dealkylation sites (tertiary alicyclic amines) is 2. The third kappa shape index (κ3) is 7.04. The minimum absolute atomic E-state index is 0.209. The molecule has 33 heavy (non-hydrogen) atoms. The number of nitrogens with zero attached hydrogens (tertiary/aromatic N) is 3. The highest BCUT2D eigenvalue weighted by atomic mass is 19.4. The topological polar surface area (TPSA) is 92.2 Å². The van der Waals surface area contributed by atoms with Crippen molar-refractivity contribution in [2.75, 3.05) is 39.4 Å². The van der Waals surface area contributed by atoms with Crippen molar-refractivity contribution in [3.05, 3.63) is 29.6 Å². The van der Waals surface area contributed by atoms with Gasteiger partial charge in [0.05, 0.1) is 25.0 Å². The number of fused-ring (bicyclic) bond motifs is 1. The zero-order valence-electron chi connectivity index (χ0n) is 18.6. The van der Waals surface area contributed by atoms with Gasteiger partial charge in [0.1, 0.15) is 0 Å². The number of aliphatic carboxylic acids is 1. The summed E-state index contributed by atoms with van der Waals surface area (Å²) in [7, 11) is 0. The summed E-state index contributed by atoms with van der Waals surface area (Å²) in [6.45, 7) is 7.48. The van der Waals surface area contributed by atoms with E-state index in [0.29, 0.717) is 25.0 Å². The number of aryl methyl sites for hydroxylation is 1. The molecule has 3 aliphatic heterocycles. The summed E-state index contributed by atoms with van der Waals surface area (Å²) < 4.78 is 43.6. The molecule has 3 aliphatic rings. The van der Waals surface area contributed by atoms with Crippen LogP contribution in [0.15, 0.2) is 18.2 Å². The van der Waals surface area contributed by atoms with Gasteiger partial charge in [0.15, 0.2) is 0 Å². The number of rotatable bonds is 5. The van der Waals surface area contributed by atoms with Gasteiger partial charge in [-0.25, -0.2) is 9.59 Å². The van der Waals surface area contributed by atoms with E-state index in [1.165, 1.54) is 0 Å². The summed E-state index contributed by atoms with van der Waals surface area (Å²) >= 11 is 0. The molecule has 0 spiro atoms. The van der Waals surface area contributed by atoms with Crippen LogP contribution in [-0.2, 0) is 20.9 Å². The number of ether oxygens (including phenoxy) is 2. The predicted octanol–water partition coefficient (Wildman–Crippen LogP) is 3.09. The average Bonchev–Trinajstić information content (AvgIpc) is 3.49. The Labute approximate surface area is 190 Å². The summed E-state index contributed by atoms with van der Waals surface area (Å²) in [4.78, 5) is 30.0. The number of hydrogen-bond acceptors (Lipinski definition) is 5. The maximum Gasteiger partial charge on any atom is 0.490 e. The number of aromatic nitrogens is 1. The van der Waals surface area contributed by atoms with Crippen molar-refractivity contribution < 1.29 is 37.3 Å². The Hall–Kier alpha value is -2.40. The number of halogens is 3. The lowest BCUT2D eigenvalue weighted by Crippen LogP contribution is -2.41. The van der Waals surface area contributed by atoms with Crippen molar-refractivity contribution in [3.8, 4) is 0 Å². The van der Waals surface area contributed by atoms with Gasteiger partial charge in [-0.15, -0.1) is 0 Å². The molecule has 1 N–H and O–H groups in total. The van der Waals surface area contributed by atoms with Gasteiger partial charge in [-0.2, -0.15) is 13.2 Å². The summed E-state index contributed by atoms with van der Waals surface area (Å²) in [5.74, 6) is -1.81. The van der Waals surface area contributed by atoms with Crippen LogP contribution in [0.3, 0.4) is 0 Å². The third-order valence-corrected chi connectivity index (χ3v) is 6.16. The van der Waals surface area contributed by atoms with Crippen molar-refractivity contribution in [2.45, 2.75) is 45.1 Å². The molecule has 4 heterocycles. The molecule has 0 aromatic carbocycles. The smallest absolute Gasteiger partial charge is 0.475 e. The standard InChI is InChI=1S/C20H29N3O3.C2HF3O2/c1-15-5-4-6-17(21-15)14-25-10-7-16-13-26-19-12-23(11-18(16)19)20(24)22-8-2-3-9-22;3-2(4,5)1(6)7/h4-6,16,18-19H,2-3,7-14H2,1H3;(H,6,7)/t16-,18-,19-;/m0./s1. The number of alkyl halides is 3. The van der Waals surface area contributed by atoms with E-state index in [1.807, 2.05) is 34.9 Å². The molecule has 0 unspecified atom stereocenters. The number of carbonyl (C=O) groups excluding carboxylic acids is 1. The highest BCUT2D eigenvalue weighted by Crippen LogP contribution is 2.36. The average molecular weight is 473 g/mol. The quantitative estimate of drug-likeness (QED) is 0.661. The molecule has 0 bridgehead atoms. The number of hydrogen-bond donors (Lipinski definition) is 1. The van der Waals surface area contributed by atoms with Crippen LogP contribution in [0.5, 0.6) is 0 Å². The van der Waals surface area contributed by atoms with Gasteiger partial charge < -0.3 is 24.4 Å². The van der Waals surface area contributed by atoms with Gasteiger partial charge in [-0.05, 0) is 44.2 Å². The summed E-state index contributed by atoms with van der Waals surface area (Å²) in [5.41, 5.74) is 2.00. The first-order chi connectivity index (χ1) is 15.6. The highest BCUT2D eigenvalue weighted by molar-refractivity contribution is 5.75. The van der Waals surface area contributed by atoms with E-state index in [2.05, 4.69) is 4.98 Å². The second kappa shape index (κ2) is 11.1. The molecule has 3 saturated heterocycles. The van der Waals surface area contributed by atoms with Crippen LogP contribution >= 0.6 is 0 Å². The minimum atomic E-state index is -5.08. The molecule has 4 rings (SSSR count). The van der Waals surface area contributed by atoms with E-state index < -0.39 is 12.1 Å². The number of amides is 2. The lowest BCUT2D eigenvalue weighted by Gasteiger charge is -2.25. The second-order valence-corrected chi connectivity index (χ2v) is 8.59. The fourth-order valence-corrected chi connectivity index (χ4v) is 4.45. The zero-order chi connectivity index (χ0) is 24.0. The van der Waals surface area contributed by atoms with E-state index in [0.717, 1.165) is 63.4 Å². The SMILES string of the molecule is Cc1cccc(COCC[C@H]2CO[C@H]3CN(C(=O)N4CCCC4)C[C@@H]23)n1.O=C(O)C(F)(F)F. The normalized spacial score (nSPS) is 24.4. The maximum absolute atomic E-state index is 12.6. The number of urea groups is 1. The zero-order valence-corrected chi connectivity index (χ0v) is 18.6. The second-order valence-electron chi connectivity index (χ2n) is 8.59. The van der Waals surface area contributed by atoms with E-state index >= 15 is 0 Å². The van der Waals surface area contributed by atoms with Gasteiger partial charge in [0.25, 0.3) is 0 Å². The van der Waals surface area contributed by atoms with Crippen LogP contribution in [0.2, 0.25) is 0 Å². The lowest BCUT2D eigenvalue weighted by molar-refractivity contribution is -0.192. The van der Waals surface area contributed by atoms with Crippen molar-refractivity contribution in [1.29, 1.82) is 0 Å². The molecule has 2 amide bonds. The van der Waals surface area contributed by atoms with Crippen molar-refractivity contribution in [3.63, 3.8) is 0 Å². The molecule has 0 saturated carbocycles. The van der Waals surface area contributed by atoms with E-state index in [4.69, 9.17) is 19.4 Å². The molecule has 1 aromatic heterocycles. The fraction of sp³-hybridized carbons (Fsp3) is 0.682. The first-order valence-corrected chi connectivity index (χ1v) is 11.1. The number of pyridine rings is 1. The molecular weight excluding hydrogens is 443 g/mol. The number of carbonyl (C=O) groups is 2. The van der Waals surface area contributed by atoms with Crippen molar-refractivity contribution in [1.82, 2.24) is 14.8 Å². The summed E-state index contributed by atoms with van der Waals surface area (Å²) in [6, 6.07) is 6.22. The van der Waals surface area contributed by atoms with Crippen LogP contribution in [0.4, 0.5) is 18.0 Å². The fourth-order valence-electron chi connectivity index (χ4n) is 4.45. The first kappa shape index (κ1) is 25.2. The van der Waals surface area contributed by atoms with Gasteiger partial charge in [0.2, 0.25) is 0 Å². The Bertz CT molecular complexity index is 817. The summed E-state index contributed by atoms with van der Waals surface area (Å²) in [6.07, 6.45) is -1.61. The van der Waals surface area contributed by atoms with Crippen LogP contribution in [-0.4, -0.2) is 83.6 Å². The third-order valence-electron chi connectivity index (χ3n) is 6.16. The van der Waals surface area contributed by atoms with E-state index in [1.54, 1.807) is 0 Å². The first-order valence-electron chi connectivity index (χ1n) is 11.1. The van der Waals surface area contributed by atoms with Crippen LogP contribution < -0.4 is 0 Å². The van der Waals surface area contributed by atoms with E-state index in [-0.39, 0.29) is 12.1 Å². The highest BCUT2D eigenvalue weighted by Gasteiger charge is 2.45. The molecule has 1 aromatic rings. The molecule has 0 aliphatic carbocycles. The molecule has 184 valence electrons. The largest absolute Gasteiger partial charge is 0.490 e. The van der Waals surface area contributed by atoms with Crippen LogP contribution in [0, 0.1) is 18.8 Å². The maximum atomic E-state index is 12.6. The minimum Gasteiger partial charge on any atom is -0.475 e. The Morgan fingerprint density at radius 1 is 1.21 bits per heavy atom. The molecule has 8 nitrogen and oxygen atoms in total. The lowest BCUT2D eigenvalue weighted by atomic mass is 9.91. The van der Waals surface area contributed by atoms with E-state index in [9.17, 15) is 18.0 Å². The van der Waals surface area contributed by atoms with Crippen molar-refractivity contribution >= 4 is 12.0 Å². The van der Waals surface area contributed by atoms with Crippen LogP contribution in [0.1, 0.15) is 30.7 Å². The van der Waals surface area contributed by atoms with Crippen molar-refractivity contribution in [2.24, 2.45) is 11.8 Å². The molecule has 3 fully saturated rings. The summed E-state index contributed by atoms with van der Waals surface area (Å²) in [5, 5.41) is 7.12. The Morgan fingerprint density at radius 2 is 1.91 bits per heavy atom. The molecule has 3 atom stereocenters. The molecule has 11 heteroatoms. The molecular formula is C22H30F3N3O5. The predicted molar refractivity (Wildman–Crippen MR) is 111 cm³/mol. The Balaban J connectivity index is 0.000000383. The Morgan fingerprint density at radius 3 is 2.55 bits per heavy atom. The number of carboxylic acids is 1. The molecule has 0 radical (unpaired) electrons. The van der Waals surface area contributed by atoms with Crippen LogP contribution in [0.25, 0.3) is 0 Å². The monoisotopic (exact) mass is 473 g/mol. The van der Waals surface area contributed by atoms with Gasteiger partial charge in [-0.1, -0.05) is 6.07 Å². The van der Waals surface area contributed by atoms with Gasteiger partial charge in [-0.3, -0.25) is 4.98 Å². The van der Waals surface area contributed by atoms with Gasteiger partial charge >= 0.3 is 18.2 Å². The number of carboxylic acid groups (broad SMARTS) is 1. The van der Waals surface area contributed by atoms with Gasteiger partial charge in [0, 0.05) is 44.4 Å².